The zero-order valence-electron chi connectivity index (χ0n) is 15.7. The van der Waals surface area contributed by atoms with E-state index in [1.165, 1.54) is 0 Å². The van der Waals surface area contributed by atoms with Gasteiger partial charge in [-0.1, -0.05) is 54.6 Å². The minimum absolute atomic E-state index is 0.0374. The molecule has 0 aliphatic rings. The molecule has 0 fully saturated rings. The Bertz CT molecular complexity index is 1080. The number of hydrogen-bond donors (Lipinski definition) is 1. The average Bonchev–Trinajstić information content (AvgIpc) is 3.25. The number of para-hydroxylation sites is 1. The minimum atomic E-state index is -0.486. The van der Waals surface area contributed by atoms with Gasteiger partial charge in [0.05, 0.1) is 11.4 Å². The van der Waals surface area contributed by atoms with Crippen LogP contribution in [0.15, 0.2) is 90.3 Å². The number of benzene rings is 2. The van der Waals surface area contributed by atoms with Crippen molar-refractivity contribution < 1.29 is 4.79 Å². The molecule has 2 aromatic heterocycles. The van der Waals surface area contributed by atoms with Gasteiger partial charge in [0.15, 0.2) is 5.82 Å². The number of rotatable bonds is 5. The van der Waals surface area contributed by atoms with Crippen LogP contribution in [0, 0.1) is 0 Å². The average molecular weight is 382 g/mol. The minimum Gasteiger partial charge on any atom is -0.264 e. The molecule has 2 aromatic carbocycles. The van der Waals surface area contributed by atoms with E-state index in [2.05, 4.69) is 25.6 Å². The van der Waals surface area contributed by atoms with Gasteiger partial charge in [-0.3, -0.25) is 9.78 Å². The second kappa shape index (κ2) is 8.26. The summed E-state index contributed by atoms with van der Waals surface area (Å²) in [5.74, 6) is 0.130. The molecule has 0 aliphatic carbocycles. The third kappa shape index (κ3) is 4.08. The van der Waals surface area contributed by atoms with E-state index < -0.39 is 5.91 Å². The Labute approximate surface area is 167 Å². The smallest absolute Gasteiger partial charge is 0.264 e. The van der Waals surface area contributed by atoms with Gasteiger partial charge in [0, 0.05) is 23.5 Å². The van der Waals surface area contributed by atoms with Crippen molar-refractivity contribution in [3.63, 3.8) is 0 Å². The van der Waals surface area contributed by atoms with Crippen LogP contribution in [-0.2, 0) is 0 Å². The molecular formula is C22H18N6O. The van der Waals surface area contributed by atoms with Crippen LogP contribution in [0.1, 0.15) is 23.1 Å². The van der Waals surface area contributed by atoms with Crippen molar-refractivity contribution >= 4 is 11.6 Å². The number of pyridine rings is 1. The van der Waals surface area contributed by atoms with Crippen molar-refractivity contribution in [3.8, 4) is 17.1 Å². The molecule has 0 saturated heterocycles. The summed E-state index contributed by atoms with van der Waals surface area (Å²) >= 11 is 0. The molecule has 4 aromatic rings. The van der Waals surface area contributed by atoms with Gasteiger partial charge >= 0.3 is 5.91 Å². The standard InChI is InChI=1S/C22H18N6O/c1-16(18-11-8-14-23-15-18)25-26-22(29)20-24-21(17-9-4-2-5-10-17)28(27-20)19-12-6-3-7-13-19/h2-15H,1H3,(H,26,29). The second-order valence-corrected chi connectivity index (χ2v) is 6.25. The number of hydrogen-bond acceptors (Lipinski definition) is 5. The maximum atomic E-state index is 12.6. The van der Waals surface area contributed by atoms with Crippen molar-refractivity contribution in [2.75, 3.05) is 0 Å². The molecule has 0 bridgehead atoms. The van der Waals surface area contributed by atoms with E-state index in [0.717, 1.165) is 16.8 Å². The van der Waals surface area contributed by atoms with Crippen molar-refractivity contribution in [2.45, 2.75) is 6.92 Å². The third-order valence-corrected chi connectivity index (χ3v) is 4.25. The monoisotopic (exact) mass is 382 g/mol. The molecule has 4 rings (SSSR count). The molecule has 1 amide bonds. The highest BCUT2D eigenvalue weighted by atomic mass is 16.2. The van der Waals surface area contributed by atoms with Gasteiger partial charge in [-0.15, -0.1) is 5.10 Å². The van der Waals surface area contributed by atoms with E-state index in [-0.39, 0.29) is 5.82 Å². The molecule has 29 heavy (non-hydrogen) atoms. The summed E-state index contributed by atoms with van der Waals surface area (Å²) in [5, 5.41) is 8.56. The lowest BCUT2D eigenvalue weighted by molar-refractivity contribution is 0.0944. The van der Waals surface area contributed by atoms with Crippen LogP contribution in [0.25, 0.3) is 17.1 Å². The van der Waals surface area contributed by atoms with Crippen LogP contribution in [0.3, 0.4) is 0 Å². The zero-order chi connectivity index (χ0) is 20.1. The number of aromatic nitrogens is 4. The lowest BCUT2D eigenvalue weighted by Crippen LogP contribution is -2.21. The summed E-state index contributed by atoms with van der Waals surface area (Å²) in [7, 11) is 0. The topological polar surface area (TPSA) is 85.1 Å². The highest BCUT2D eigenvalue weighted by Gasteiger charge is 2.18. The van der Waals surface area contributed by atoms with E-state index in [1.54, 1.807) is 24.0 Å². The summed E-state index contributed by atoms with van der Waals surface area (Å²) < 4.78 is 1.65. The van der Waals surface area contributed by atoms with Crippen LogP contribution < -0.4 is 5.43 Å². The predicted molar refractivity (Wildman–Crippen MR) is 111 cm³/mol. The van der Waals surface area contributed by atoms with Gasteiger partial charge in [0.2, 0.25) is 5.82 Å². The largest absolute Gasteiger partial charge is 0.311 e. The predicted octanol–water partition coefficient (Wildman–Crippen LogP) is 3.48. The molecule has 0 unspecified atom stereocenters. The van der Waals surface area contributed by atoms with E-state index in [1.807, 2.05) is 72.8 Å². The quantitative estimate of drug-likeness (QED) is 0.423. The fraction of sp³-hybridized carbons (Fsp3) is 0.0455. The number of carbonyl (C=O) groups is 1. The first-order valence-electron chi connectivity index (χ1n) is 9.05. The molecule has 0 aliphatic heterocycles. The number of nitrogens with one attached hydrogen (secondary N) is 1. The molecular weight excluding hydrogens is 364 g/mol. The van der Waals surface area contributed by atoms with Gasteiger partial charge < -0.3 is 0 Å². The van der Waals surface area contributed by atoms with Gasteiger partial charge in [0.1, 0.15) is 0 Å². The summed E-state index contributed by atoms with van der Waals surface area (Å²) in [4.78, 5) is 21.2. The van der Waals surface area contributed by atoms with Crippen molar-refractivity contribution in [1.82, 2.24) is 25.2 Å². The Morgan fingerprint density at radius 2 is 1.69 bits per heavy atom. The van der Waals surface area contributed by atoms with E-state index in [9.17, 15) is 4.79 Å². The summed E-state index contributed by atoms with van der Waals surface area (Å²) in [6.07, 6.45) is 3.36. The highest BCUT2D eigenvalue weighted by Crippen LogP contribution is 2.20. The molecule has 2 heterocycles. The van der Waals surface area contributed by atoms with Crippen molar-refractivity contribution in [3.05, 3.63) is 96.6 Å². The van der Waals surface area contributed by atoms with Gasteiger partial charge in [-0.2, -0.15) is 5.10 Å². The molecule has 0 radical (unpaired) electrons. The Balaban J connectivity index is 1.66. The van der Waals surface area contributed by atoms with Crippen LogP contribution in [-0.4, -0.2) is 31.4 Å². The maximum Gasteiger partial charge on any atom is 0.311 e. The molecule has 142 valence electrons. The molecule has 7 nitrogen and oxygen atoms in total. The molecule has 0 atom stereocenters. The fourth-order valence-corrected chi connectivity index (χ4v) is 2.76. The fourth-order valence-electron chi connectivity index (χ4n) is 2.76. The number of hydrazone groups is 1. The van der Waals surface area contributed by atoms with E-state index >= 15 is 0 Å². The normalized spacial score (nSPS) is 11.3. The molecule has 0 spiro atoms. The lowest BCUT2D eigenvalue weighted by Gasteiger charge is -2.05. The first kappa shape index (κ1) is 18.2. The van der Waals surface area contributed by atoms with E-state index in [4.69, 9.17) is 0 Å². The number of carbonyl (C=O) groups excluding carboxylic acids is 1. The van der Waals surface area contributed by atoms with Crippen molar-refractivity contribution in [2.24, 2.45) is 5.10 Å². The summed E-state index contributed by atoms with van der Waals surface area (Å²) in [5.41, 5.74) is 5.65. The maximum absolute atomic E-state index is 12.6. The molecule has 0 saturated carbocycles. The van der Waals surface area contributed by atoms with Crippen LogP contribution in [0.2, 0.25) is 0 Å². The number of nitrogens with zero attached hydrogens (tertiary/aromatic N) is 5. The first-order valence-corrected chi connectivity index (χ1v) is 9.05. The Kier molecular flexibility index (Phi) is 5.20. The SMILES string of the molecule is CC(=NNC(=O)c1nc(-c2ccccc2)n(-c2ccccc2)n1)c1cccnc1. The Morgan fingerprint density at radius 1 is 0.966 bits per heavy atom. The first-order chi connectivity index (χ1) is 14.2. The van der Waals surface area contributed by atoms with Crippen LogP contribution in [0.4, 0.5) is 0 Å². The summed E-state index contributed by atoms with van der Waals surface area (Å²) in [6.45, 7) is 1.79. The van der Waals surface area contributed by atoms with Crippen molar-refractivity contribution in [1.29, 1.82) is 0 Å². The lowest BCUT2D eigenvalue weighted by atomic mass is 10.2. The second-order valence-electron chi connectivity index (χ2n) is 6.25. The summed E-state index contributed by atoms with van der Waals surface area (Å²) in [6, 6.07) is 22.9. The molecule has 1 N–H and O–H groups in total. The highest BCUT2D eigenvalue weighted by molar-refractivity contribution is 6.00. The van der Waals surface area contributed by atoms with E-state index in [0.29, 0.717) is 11.5 Å². The number of amides is 1. The van der Waals surface area contributed by atoms with Gasteiger partial charge in [-0.25, -0.2) is 15.1 Å². The van der Waals surface area contributed by atoms with Gasteiger partial charge in [-0.05, 0) is 25.1 Å². The zero-order valence-corrected chi connectivity index (χ0v) is 15.7. The van der Waals surface area contributed by atoms with Crippen LogP contribution in [0.5, 0.6) is 0 Å². The Hall–Kier alpha value is -4.13. The van der Waals surface area contributed by atoms with Gasteiger partial charge in [0.25, 0.3) is 0 Å². The Morgan fingerprint density at radius 3 is 2.38 bits per heavy atom. The van der Waals surface area contributed by atoms with Crippen LogP contribution >= 0.6 is 0 Å². The third-order valence-electron chi connectivity index (χ3n) is 4.25. The molecule has 7 heteroatoms.